The first-order valence-corrected chi connectivity index (χ1v) is 7.08. The van der Waals surface area contributed by atoms with E-state index in [0.717, 1.165) is 39.0 Å². The fraction of sp³-hybridized carbons (Fsp3) is 0.263. The van der Waals surface area contributed by atoms with Gasteiger partial charge in [0, 0.05) is 0 Å². The Balaban J connectivity index is 2.46. The molecule has 2 rings (SSSR count). The van der Waals surface area contributed by atoms with Gasteiger partial charge in [-0.15, -0.1) is 0 Å². The number of aryl methyl sites for hydroxylation is 4. The zero-order valence-corrected chi connectivity index (χ0v) is 13.3. The summed E-state index contributed by atoms with van der Waals surface area (Å²) in [5.41, 5.74) is 6.84. The van der Waals surface area contributed by atoms with Crippen molar-refractivity contribution in [1.82, 2.24) is 0 Å². The summed E-state index contributed by atoms with van der Waals surface area (Å²) >= 11 is 0. The van der Waals surface area contributed by atoms with Crippen molar-refractivity contribution in [2.24, 2.45) is 0 Å². The van der Waals surface area contributed by atoms with Crippen molar-refractivity contribution in [1.29, 1.82) is 0 Å². The van der Waals surface area contributed by atoms with Crippen LogP contribution < -0.4 is 0 Å². The molecule has 0 saturated heterocycles. The second-order valence-corrected chi connectivity index (χ2v) is 5.79. The van der Waals surface area contributed by atoms with Gasteiger partial charge >= 0.3 is 0 Å². The Bertz CT molecular complexity index is 678. The fourth-order valence-electron chi connectivity index (χ4n) is 2.59. The van der Waals surface area contributed by atoms with E-state index in [1.165, 1.54) is 0 Å². The van der Waals surface area contributed by atoms with Gasteiger partial charge in [0.05, 0.1) is 0 Å². The number of allylic oxidation sites excluding steroid dienone is 1. The van der Waals surface area contributed by atoms with Crippen LogP contribution in [0.4, 0.5) is 0 Å². The Kier molecular flexibility index (Phi) is 4.08. The van der Waals surface area contributed by atoms with Gasteiger partial charge in [0.25, 0.3) is 0 Å². The molecule has 0 amide bonds. The highest BCUT2D eigenvalue weighted by molar-refractivity contribution is 5.81. The molecule has 0 atom stereocenters. The smallest absolute Gasteiger partial charge is 0.121 e. The molecular formula is C19H22O2. The molecule has 0 aromatic heterocycles. The number of hydrogen-bond acceptors (Lipinski definition) is 2. The topological polar surface area (TPSA) is 40.5 Å². The van der Waals surface area contributed by atoms with E-state index in [2.05, 4.69) is 13.0 Å². The lowest BCUT2D eigenvalue weighted by atomic mass is 9.98. The fourth-order valence-corrected chi connectivity index (χ4v) is 2.59. The van der Waals surface area contributed by atoms with Crippen LogP contribution in [-0.2, 0) is 0 Å². The maximum absolute atomic E-state index is 9.86. The zero-order chi connectivity index (χ0) is 15.7. The van der Waals surface area contributed by atoms with Gasteiger partial charge in [-0.1, -0.05) is 6.08 Å². The average Bonchev–Trinajstić information content (AvgIpc) is 2.41. The summed E-state index contributed by atoms with van der Waals surface area (Å²) in [4.78, 5) is 0. The molecule has 0 fully saturated rings. The molecule has 0 aliphatic rings. The van der Waals surface area contributed by atoms with Gasteiger partial charge in [0.1, 0.15) is 11.5 Å². The first kappa shape index (κ1) is 15.2. The van der Waals surface area contributed by atoms with Crippen molar-refractivity contribution in [3.05, 3.63) is 57.6 Å². The van der Waals surface area contributed by atoms with Crippen LogP contribution in [0.1, 0.15) is 40.3 Å². The molecule has 2 heteroatoms. The summed E-state index contributed by atoms with van der Waals surface area (Å²) in [6.07, 6.45) is 2.10. The van der Waals surface area contributed by atoms with Crippen molar-refractivity contribution >= 4 is 11.6 Å². The van der Waals surface area contributed by atoms with Crippen LogP contribution in [0.2, 0.25) is 0 Å². The SMILES string of the molecule is C/C(=C/c1cc(C)c(O)c(C)c1)c1cc(C)c(O)c(C)c1. The molecule has 110 valence electrons. The van der Waals surface area contributed by atoms with Crippen molar-refractivity contribution < 1.29 is 10.2 Å². The Labute approximate surface area is 126 Å². The van der Waals surface area contributed by atoms with Crippen LogP contribution in [0.5, 0.6) is 11.5 Å². The summed E-state index contributed by atoms with van der Waals surface area (Å²) in [7, 11) is 0. The van der Waals surface area contributed by atoms with E-state index < -0.39 is 0 Å². The largest absolute Gasteiger partial charge is 0.507 e. The van der Waals surface area contributed by atoms with E-state index in [9.17, 15) is 10.2 Å². The highest BCUT2D eigenvalue weighted by Gasteiger charge is 2.06. The number of phenolic OH excluding ortho intramolecular Hbond substituents is 2. The second-order valence-electron chi connectivity index (χ2n) is 5.79. The van der Waals surface area contributed by atoms with E-state index in [0.29, 0.717) is 11.5 Å². The third-order valence-electron chi connectivity index (χ3n) is 3.84. The van der Waals surface area contributed by atoms with Gasteiger partial charge in [0.15, 0.2) is 0 Å². The minimum atomic E-state index is 0.362. The molecule has 0 radical (unpaired) electrons. The molecule has 0 unspecified atom stereocenters. The molecule has 2 aromatic carbocycles. The Morgan fingerprint density at radius 3 is 1.57 bits per heavy atom. The van der Waals surface area contributed by atoms with Crippen molar-refractivity contribution in [2.45, 2.75) is 34.6 Å². The van der Waals surface area contributed by atoms with E-state index in [-0.39, 0.29) is 0 Å². The standard InChI is InChI=1S/C19H22O2/c1-11(17-9-14(4)19(21)15(5)10-17)6-16-7-12(2)18(20)13(3)8-16/h6-10,20-21H,1-5H3/b11-6-. The average molecular weight is 282 g/mol. The number of rotatable bonds is 2. The molecule has 2 nitrogen and oxygen atoms in total. The van der Waals surface area contributed by atoms with Crippen LogP contribution in [0.3, 0.4) is 0 Å². The Morgan fingerprint density at radius 1 is 0.762 bits per heavy atom. The molecule has 0 aliphatic carbocycles. The summed E-state index contributed by atoms with van der Waals surface area (Å²) in [5.74, 6) is 0.726. The highest BCUT2D eigenvalue weighted by Crippen LogP contribution is 2.29. The maximum Gasteiger partial charge on any atom is 0.121 e. The van der Waals surface area contributed by atoms with Crippen molar-refractivity contribution in [3.63, 3.8) is 0 Å². The highest BCUT2D eigenvalue weighted by atomic mass is 16.3. The molecule has 2 aromatic rings. The Hall–Kier alpha value is -2.22. The van der Waals surface area contributed by atoms with Gasteiger partial charge in [-0.2, -0.15) is 0 Å². The second kappa shape index (κ2) is 5.65. The van der Waals surface area contributed by atoms with E-state index in [1.54, 1.807) is 0 Å². The van der Waals surface area contributed by atoms with E-state index >= 15 is 0 Å². The van der Waals surface area contributed by atoms with Gasteiger partial charge in [-0.3, -0.25) is 0 Å². The molecule has 0 aliphatic heterocycles. The molecular weight excluding hydrogens is 260 g/mol. The van der Waals surface area contributed by atoms with Gasteiger partial charge < -0.3 is 10.2 Å². The summed E-state index contributed by atoms with van der Waals surface area (Å²) in [6.45, 7) is 9.69. The first-order valence-electron chi connectivity index (χ1n) is 7.08. The number of hydrogen-bond donors (Lipinski definition) is 2. The predicted octanol–water partition coefficient (Wildman–Crippen LogP) is 4.89. The summed E-state index contributed by atoms with van der Waals surface area (Å²) < 4.78 is 0. The predicted molar refractivity (Wildman–Crippen MR) is 88.7 cm³/mol. The van der Waals surface area contributed by atoms with E-state index in [1.807, 2.05) is 52.0 Å². The van der Waals surface area contributed by atoms with Gasteiger partial charge in [0.2, 0.25) is 0 Å². The number of aromatic hydroxyl groups is 2. The van der Waals surface area contributed by atoms with E-state index in [4.69, 9.17) is 0 Å². The lowest BCUT2D eigenvalue weighted by molar-refractivity contribution is 0.466. The third-order valence-corrected chi connectivity index (χ3v) is 3.84. The maximum atomic E-state index is 9.86. The van der Waals surface area contributed by atoms with Gasteiger partial charge in [-0.25, -0.2) is 0 Å². The van der Waals surface area contributed by atoms with Crippen LogP contribution in [0, 0.1) is 27.7 Å². The van der Waals surface area contributed by atoms with Crippen LogP contribution in [-0.4, -0.2) is 10.2 Å². The van der Waals surface area contributed by atoms with Crippen molar-refractivity contribution in [3.8, 4) is 11.5 Å². The summed E-state index contributed by atoms with van der Waals surface area (Å²) in [6, 6.07) is 7.94. The van der Waals surface area contributed by atoms with Crippen LogP contribution in [0.25, 0.3) is 11.6 Å². The Morgan fingerprint density at radius 2 is 1.14 bits per heavy atom. The number of benzene rings is 2. The van der Waals surface area contributed by atoms with Crippen LogP contribution >= 0.6 is 0 Å². The van der Waals surface area contributed by atoms with Crippen molar-refractivity contribution in [2.75, 3.05) is 0 Å². The monoisotopic (exact) mass is 282 g/mol. The van der Waals surface area contributed by atoms with Crippen LogP contribution in [0.15, 0.2) is 24.3 Å². The molecule has 0 heterocycles. The first-order chi connectivity index (χ1) is 9.79. The lowest BCUT2D eigenvalue weighted by Crippen LogP contribution is -1.88. The molecule has 0 saturated carbocycles. The molecule has 2 N–H and O–H groups in total. The zero-order valence-electron chi connectivity index (χ0n) is 13.3. The minimum absolute atomic E-state index is 0.362. The third kappa shape index (κ3) is 3.10. The molecule has 21 heavy (non-hydrogen) atoms. The number of phenols is 2. The minimum Gasteiger partial charge on any atom is -0.507 e. The quantitative estimate of drug-likeness (QED) is 0.770. The summed E-state index contributed by atoms with van der Waals surface area (Å²) in [5, 5.41) is 19.7. The molecule has 0 spiro atoms. The molecule has 0 bridgehead atoms. The normalized spacial score (nSPS) is 11.8. The lowest BCUT2D eigenvalue weighted by Gasteiger charge is -2.10. The van der Waals surface area contributed by atoms with Gasteiger partial charge in [-0.05, 0) is 97.8 Å².